The summed E-state index contributed by atoms with van der Waals surface area (Å²) in [6.45, 7) is 6.64. The Labute approximate surface area is 104 Å². The second kappa shape index (κ2) is 5.36. The predicted molar refractivity (Wildman–Crippen MR) is 66.8 cm³/mol. The Balaban J connectivity index is 1.91. The number of piperidine rings is 1. The van der Waals surface area contributed by atoms with Crippen LogP contribution >= 0.6 is 0 Å². The highest BCUT2D eigenvalue weighted by Crippen LogP contribution is 2.32. The van der Waals surface area contributed by atoms with Crippen LogP contribution in [0.3, 0.4) is 0 Å². The van der Waals surface area contributed by atoms with Crippen LogP contribution in [-0.4, -0.2) is 50.7 Å². The van der Waals surface area contributed by atoms with Gasteiger partial charge in [0.2, 0.25) is 5.91 Å². The molecule has 0 saturated carbocycles. The van der Waals surface area contributed by atoms with Crippen LogP contribution in [-0.2, 0) is 9.53 Å². The van der Waals surface area contributed by atoms with Crippen LogP contribution in [0.25, 0.3) is 0 Å². The summed E-state index contributed by atoms with van der Waals surface area (Å²) >= 11 is 0. The number of amides is 1. The van der Waals surface area contributed by atoms with Gasteiger partial charge in [0.1, 0.15) is 0 Å². The number of likely N-dealkylation sites (tertiary alicyclic amines) is 1. The highest BCUT2D eigenvalue weighted by molar-refractivity contribution is 5.82. The second-order valence-electron chi connectivity index (χ2n) is 5.67. The molecule has 1 atom stereocenters. The molecule has 1 N–H and O–H groups in total. The molecule has 0 aromatic rings. The van der Waals surface area contributed by atoms with Crippen molar-refractivity contribution in [1.29, 1.82) is 0 Å². The number of ether oxygens (including phenoxy) is 1. The summed E-state index contributed by atoms with van der Waals surface area (Å²) < 4.78 is 5.18. The largest absolute Gasteiger partial charge is 0.384 e. The van der Waals surface area contributed by atoms with E-state index >= 15 is 0 Å². The minimum absolute atomic E-state index is 0.132. The van der Waals surface area contributed by atoms with Gasteiger partial charge in [0.25, 0.3) is 0 Å². The van der Waals surface area contributed by atoms with Crippen LogP contribution in [0.15, 0.2) is 0 Å². The minimum Gasteiger partial charge on any atom is -0.384 e. The van der Waals surface area contributed by atoms with E-state index in [4.69, 9.17) is 4.74 Å². The molecule has 1 unspecified atom stereocenters. The molecule has 2 aliphatic rings. The maximum absolute atomic E-state index is 12.5. The molecule has 4 nitrogen and oxygen atoms in total. The molecule has 0 bridgehead atoms. The average molecular weight is 240 g/mol. The summed E-state index contributed by atoms with van der Waals surface area (Å²) in [5.74, 6) is 0.895. The number of hydrogen-bond donors (Lipinski definition) is 1. The van der Waals surface area contributed by atoms with E-state index in [1.54, 1.807) is 7.11 Å². The quantitative estimate of drug-likeness (QED) is 0.796. The maximum atomic E-state index is 12.5. The van der Waals surface area contributed by atoms with E-state index in [2.05, 4.69) is 17.1 Å². The van der Waals surface area contributed by atoms with Crippen molar-refractivity contribution in [2.45, 2.75) is 26.2 Å². The van der Waals surface area contributed by atoms with E-state index in [-0.39, 0.29) is 5.41 Å². The Morgan fingerprint density at radius 2 is 2.18 bits per heavy atom. The highest BCUT2D eigenvalue weighted by Gasteiger charge is 2.39. The smallest absolute Gasteiger partial charge is 0.228 e. The van der Waals surface area contributed by atoms with Crippen molar-refractivity contribution in [3.8, 4) is 0 Å². The van der Waals surface area contributed by atoms with Crippen molar-refractivity contribution < 1.29 is 9.53 Å². The maximum Gasteiger partial charge on any atom is 0.228 e. The van der Waals surface area contributed by atoms with Crippen molar-refractivity contribution >= 4 is 5.91 Å². The highest BCUT2D eigenvalue weighted by atomic mass is 16.5. The molecule has 0 aromatic carbocycles. The summed E-state index contributed by atoms with van der Waals surface area (Å²) in [7, 11) is 1.73. The number of methoxy groups -OCH3 is 1. The van der Waals surface area contributed by atoms with Crippen LogP contribution in [0.2, 0.25) is 0 Å². The molecule has 4 heteroatoms. The van der Waals surface area contributed by atoms with Gasteiger partial charge in [0, 0.05) is 31.5 Å². The zero-order valence-electron chi connectivity index (χ0n) is 11.0. The fraction of sp³-hybridized carbons (Fsp3) is 0.923. The third kappa shape index (κ3) is 2.80. The third-order valence-electron chi connectivity index (χ3n) is 4.20. The van der Waals surface area contributed by atoms with Crippen molar-refractivity contribution in [2.75, 3.05) is 39.9 Å². The molecular formula is C13H24N2O2. The van der Waals surface area contributed by atoms with E-state index in [0.29, 0.717) is 11.8 Å². The molecular weight excluding hydrogens is 216 g/mol. The van der Waals surface area contributed by atoms with Gasteiger partial charge < -0.3 is 15.0 Å². The standard InChI is InChI=1S/C13H24N2O2/c1-13(4-6-14-7-5-13)12(16)15-8-3-11(9-15)10-17-2/h11,14H,3-10H2,1-2H3. The van der Waals surface area contributed by atoms with Crippen molar-refractivity contribution in [1.82, 2.24) is 10.2 Å². The topological polar surface area (TPSA) is 41.6 Å². The molecule has 2 aliphatic heterocycles. The molecule has 2 saturated heterocycles. The molecule has 17 heavy (non-hydrogen) atoms. The van der Waals surface area contributed by atoms with Gasteiger partial charge in [-0.15, -0.1) is 0 Å². The molecule has 0 aliphatic carbocycles. The zero-order chi connectivity index (χ0) is 12.3. The Morgan fingerprint density at radius 1 is 1.47 bits per heavy atom. The molecule has 2 fully saturated rings. The van der Waals surface area contributed by atoms with Gasteiger partial charge in [-0.05, 0) is 32.4 Å². The second-order valence-corrected chi connectivity index (χ2v) is 5.67. The first-order valence-electron chi connectivity index (χ1n) is 6.65. The van der Waals surface area contributed by atoms with Crippen LogP contribution in [0.4, 0.5) is 0 Å². The Morgan fingerprint density at radius 3 is 2.82 bits per heavy atom. The van der Waals surface area contributed by atoms with Crippen LogP contribution in [0.1, 0.15) is 26.2 Å². The van der Waals surface area contributed by atoms with Gasteiger partial charge in [-0.25, -0.2) is 0 Å². The summed E-state index contributed by atoms with van der Waals surface area (Å²) in [4.78, 5) is 14.6. The van der Waals surface area contributed by atoms with Crippen LogP contribution in [0, 0.1) is 11.3 Å². The zero-order valence-corrected chi connectivity index (χ0v) is 11.0. The first-order valence-corrected chi connectivity index (χ1v) is 6.65. The monoisotopic (exact) mass is 240 g/mol. The molecule has 98 valence electrons. The van der Waals surface area contributed by atoms with Gasteiger partial charge in [0.15, 0.2) is 0 Å². The fourth-order valence-corrected chi connectivity index (χ4v) is 2.96. The Kier molecular flexibility index (Phi) is 4.05. The molecule has 0 radical (unpaired) electrons. The number of carbonyl (C=O) groups excluding carboxylic acids is 1. The minimum atomic E-state index is -0.132. The molecule has 2 rings (SSSR count). The molecule has 0 aromatic heterocycles. The molecule has 1 amide bonds. The van der Waals surface area contributed by atoms with Crippen molar-refractivity contribution in [2.24, 2.45) is 11.3 Å². The van der Waals surface area contributed by atoms with Crippen molar-refractivity contribution in [3.05, 3.63) is 0 Å². The van der Waals surface area contributed by atoms with E-state index in [1.165, 1.54) is 0 Å². The van der Waals surface area contributed by atoms with Crippen molar-refractivity contribution in [3.63, 3.8) is 0 Å². The summed E-state index contributed by atoms with van der Waals surface area (Å²) in [5, 5.41) is 3.32. The van der Waals surface area contributed by atoms with Gasteiger partial charge in [-0.3, -0.25) is 4.79 Å². The average Bonchev–Trinajstić information content (AvgIpc) is 2.78. The van der Waals surface area contributed by atoms with E-state index in [0.717, 1.165) is 52.0 Å². The van der Waals surface area contributed by atoms with E-state index < -0.39 is 0 Å². The number of rotatable bonds is 3. The summed E-state index contributed by atoms with van der Waals surface area (Å²) in [6.07, 6.45) is 3.03. The Bertz CT molecular complexity index is 275. The normalized spacial score (nSPS) is 28.4. The molecule has 2 heterocycles. The number of hydrogen-bond acceptors (Lipinski definition) is 3. The van der Waals surface area contributed by atoms with Gasteiger partial charge >= 0.3 is 0 Å². The third-order valence-corrected chi connectivity index (χ3v) is 4.20. The Hall–Kier alpha value is -0.610. The first-order chi connectivity index (χ1) is 8.15. The number of nitrogens with zero attached hydrogens (tertiary/aromatic N) is 1. The predicted octanol–water partition coefficient (Wildman–Crippen LogP) is 0.871. The lowest BCUT2D eigenvalue weighted by molar-refractivity contribution is -0.141. The number of nitrogens with one attached hydrogen (secondary N) is 1. The lowest BCUT2D eigenvalue weighted by atomic mass is 9.79. The molecule has 0 spiro atoms. The van der Waals surface area contributed by atoms with Gasteiger partial charge in [0.05, 0.1) is 6.61 Å². The van der Waals surface area contributed by atoms with E-state index in [1.807, 2.05) is 0 Å². The SMILES string of the molecule is COCC1CCN(C(=O)C2(C)CCNCC2)C1. The van der Waals surface area contributed by atoms with Gasteiger partial charge in [-0.1, -0.05) is 6.92 Å². The van der Waals surface area contributed by atoms with Gasteiger partial charge in [-0.2, -0.15) is 0 Å². The van der Waals surface area contributed by atoms with E-state index in [9.17, 15) is 4.79 Å². The van der Waals surface area contributed by atoms with Crippen LogP contribution in [0.5, 0.6) is 0 Å². The summed E-state index contributed by atoms with van der Waals surface area (Å²) in [5.41, 5.74) is -0.132. The lowest BCUT2D eigenvalue weighted by Gasteiger charge is -2.36. The first kappa shape index (κ1) is 12.8. The number of carbonyl (C=O) groups is 1. The lowest BCUT2D eigenvalue weighted by Crippen LogP contribution is -2.47. The summed E-state index contributed by atoms with van der Waals surface area (Å²) in [6, 6.07) is 0. The van der Waals surface area contributed by atoms with Crippen LogP contribution < -0.4 is 5.32 Å². The fourth-order valence-electron chi connectivity index (χ4n) is 2.96.